The van der Waals surface area contributed by atoms with Crippen LogP contribution in [0.2, 0.25) is 0 Å². The summed E-state index contributed by atoms with van der Waals surface area (Å²) in [5, 5.41) is 0. The largest absolute Gasteiger partial charge is 0.257 e. The standard InChI is InChI=1S/C9H14N2/c1-7-2-3-9-8(6-7)4-5-10-11-9/h2-3,6,8-11H,4-5H2,1H3. The third-order valence-electron chi connectivity index (χ3n) is 2.38. The van der Waals surface area contributed by atoms with Crippen LogP contribution in [0.15, 0.2) is 23.8 Å². The molecule has 2 nitrogen and oxygen atoms in total. The van der Waals surface area contributed by atoms with Crippen LogP contribution in [0.25, 0.3) is 0 Å². The fourth-order valence-electron chi connectivity index (χ4n) is 1.74. The van der Waals surface area contributed by atoms with E-state index in [-0.39, 0.29) is 0 Å². The van der Waals surface area contributed by atoms with E-state index in [2.05, 4.69) is 36.0 Å². The van der Waals surface area contributed by atoms with Crippen LogP contribution < -0.4 is 10.9 Å². The summed E-state index contributed by atoms with van der Waals surface area (Å²) < 4.78 is 0. The molecular weight excluding hydrogens is 136 g/mol. The van der Waals surface area contributed by atoms with Crippen LogP contribution in [0, 0.1) is 5.92 Å². The first kappa shape index (κ1) is 7.07. The summed E-state index contributed by atoms with van der Waals surface area (Å²) in [5.74, 6) is 0.709. The molecule has 1 saturated heterocycles. The van der Waals surface area contributed by atoms with Gasteiger partial charge in [0, 0.05) is 12.6 Å². The predicted molar refractivity (Wildman–Crippen MR) is 45.9 cm³/mol. The van der Waals surface area contributed by atoms with Crippen LogP contribution in [-0.2, 0) is 0 Å². The predicted octanol–water partition coefficient (Wildman–Crippen LogP) is 0.985. The molecule has 2 rings (SSSR count). The monoisotopic (exact) mass is 150 g/mol. The minimum absolute atomic E-state index is 0.521. The zero-order chi connectivity index (χ0) is 7.68. The van der Waals surface area contributed by atoms with Crippen LogP contribution in [0.5, 0.6) is 0 Å². The Morgan fingerprint density at radius 3 is 3.36 bits per heavy atom. The van der Waals surface area contributed by atoms with Gasteiger partial charge in [-0.2, -0.15) is 0 Å². The molecule has 0 spiro atoms. The SMILES string of the molecule is CC1=CC2CCNNC2C=C1. The van der Waals surface area contributed by atoms with Gasteiger partial charge in [0.05, 0.1) is 0 Å². The van der Waals surface area contributed by atoms with Gasteiger partial charge in [-0.1, -0.05) is 23.8 Å². The first-order chi connectivity index (χ1) is 5.36. The van der Waals surface area contributed by atoms with Crippen LogP contribution in [0.4, 0.5) is 0 Å². The normalized spacial score (nSPS) is 36.3. The quantitative estimate of drug-likeness (QED) is 0.538. The van der Waals surface area contributed by atoms with E-state index in [1.807, 2.05) is 0 Å². The van der Waals surface area contributed by atoms with Gasteiger partial charge in [0.25, 0.3) is 0 Å². The van der Waals surface area contributed by atoms with E-state index in [4.69, 9.17) is 0 Å². The Kier molecular flexibility index (Phi) is 1.80. The fourth-order valence-corrected chi connectivity index (χ4v) is 1.74. The molecule has 2 heteroatoms. The summed E-state index contributed by atoms with van der Waals surface area (Å²) in [4.78, 5) is 0. The number of rotatable bonds is 0. The highest BCUT2D eigenvalue weighted by molar-refractivity contribution is 5.25. The molecule has 2 N–H and O–H groups in total. The van der Waals surface area contributed by atoms with Crippen LogP contribution in [0.3, 0.4) is 0 Å². The highest BCUT2D eigenvalue weighted by Crippen LogP contribution is 2.21. The second-order valence-electron chi connectivity index (χ2n) is 3.32. The highest BCUT2D eigenvalue weighted by atomic mass is 15.4. The summed E-state index contributed by atoms with van der Waals surface area (Å²) in [7, 11) is 0. The molecule has 60 valence electrons. The van der Waals surface area contributed by atoms with Gasteiger partial charge >= 0.3 is 0 Å². The maximum Gasteiger partial charge on any atom is 0.0459 e. The lowest BCUT2D eigenvalue weighted by molar-refractivity contribution is 0.321. The van der Waals surface area contributed by atoms with Gasteiger partial charge in [-0.25, -0.2) is 0 Å². The Morgan fingerprint density at radius 2 is 2.45 bits per heavy atom. The van der Waals surface area contributed by atoms with E-state index < -0.39 is 0 Å². The summed E-state index contributed by atoms with van der Waals surface area (Å²) in [6, 6.07) is 0.521. The maximum absolute atomic E-state index is 3.26. The van der Waals surface area contributed by atoms with Gasteiger partial charge < -0.3 is 0 Å². The molecule has 1 heterocycles. The molecule has 0 aromatic rings. The van der Waals surface area contributed by atoms with Crippen molar-refractivity contribution >= 4 is 0 Å². The maximum atomic E-state index is 3.26. The summed E-state index contributed by atoms with van der Waals surface area (Å²) >= 11 is 0. The Bertz CT molecular complexity index is 206. The van der Waals surface area contributed by atoms with E-state index in [0.29, 0.717) is 12.0 Å². The molecule has 0 amide bonds. The summed E-state index contributed by atoms with van der Waals surface area (Å²) in [5.41, 5.74) is 7.83. The van der Waals surface area contributed by atoms with Crippen molar-refractivity contribution < 1.29 is 0 Å². The van der Waals surface area contributed by atoms with Crippen molar-refractivity contribution in [1.29, 1.82) is 0 Å². The third kappa shape index (κ3) is 1.37. The lowest BCUT2D eigenvalue weighted by Gasteiger charge is -2.31. The molecule has 11 heavy (non-hydrogen) atoms. The Morgan fingerprint density at radius 1 is 1.55 bits per heavy atom. The van der Waals surface area contributed by atoms with Crippen molar-refractivity contribution in [2.75, 3.05) is 6.54 Å². The van der Waals surface area contributed by atoms with Crippen molar-refractivity contribution in [3.05, 3.63) is 23.8 Å². The molecule has 2 aliphatic rings. The molecule has 0 saturated carbocycles. The van der Waals surface area contributed by atoms with Crippen LogP contribution in [0.1, 0.15) is 13.3 Å². The molecule has 0 bridgehead atoms. The summed E-state index contributed by atoms with van der Waals surface area (Å²) in [6.45, 7) is 3.24. The van der Waals surface area contributed by atoms with E-state index in [1.165, 1.54) is 12.0 Å². The van der Waals surface area contributed by atoms with E-state index in [9.17, 15) is 0 Å². The molecule has 0 aromatic carbocycles. The Labute approximate surface area is 67.3 Å². The van der Waals surface area contributed by atoms with E-state index in [0.717, 1.165) is 6.54 Å². The van der Waals surface area contributed by atoms with Gasteiger partial charge in [-0.3, -0.25) is 10.9 Å². The molecule has 2 atom stereocenters. The lowest BCUT2D eigenvalue weighted by atomic mass is 9.89. The van der Waals surface area contributed by atoms with Gasteiger partial charge in [-0.15, -0.1) is 0 Å². The zero-order valence-corrected chi connectivity index (χ0v) is 6.80. The van der Waals surface area contributed by atoms with E-state index in [1.54, 1.807) is 0 Å². The van der Waals surface area contributed by atoms with Crippen molar-refractivity contribution in [3.63, 3.8) is 0 Å². The second-order valence-corrected chi connectivity index (χ2v) is 3.32. The molecular formula is C9H14N2. The van der Waals surface area contributed by atoms with Gasteiger partial charge in [-0.05, 0) is 19.3 Å². The Hall–Kier alpha value is -0.600. The Balaban J connectivity index is 2.13. The number of fused-ring (bicyclic) bond motifs is 1. The zero-order valence-electron chi connectivity index (χ0n) is 6.80. The molecule has 1 aliphatic carbocycles. The number of nitrogens with one attached hydrogen (secondary N) is 2. The first-order valence-electron chi connectivity index (χ1n) is 4.21. The second kappa shape index (κ2) is 2.80. The van der Waals surface area contributed by atoms with Gasteiger partial charge in [0.2, 0.25) is 0 Å². The number of hydrogen-bond acceptors (Lipinski definition) is 2. The number of hydrogen-bond donors (Lipinski definition) is 2. The first-order valence-corrected chi connectivity index (χ1v) is 4.21. The smallest absolute Gasteiger partial charge is 0.0459 e. The lowest BCUT2D eigenvalue weighted by Crippen LogP contribution is -2.50. The van der Waals surface area contributed by atoms with Crippen LogP contribution in [-0.4, -0.2) is 12.6 Å². The van der Waals surface area contributed by atoms with Gasteiger partial charge in [0.1, 0.15) is 0 Å². The minimum atomic E-state index is 0.521. The summed E-state index contributed by atoms with van der Waals surface area (Å²) in [6.07, 6.45) is 8.03. The average molecular weight is 150 g/mol. The number of hydrazine groups is 1. The molecule has 1 aliphatic heterocycles. The van der Waals surface area contributed by atoms with E-state index >= 15 is 0 Å². The topological polar surface area (TPSA) is 24.1 Å². The molecule has 2 unspecified atom stereocenters. The molecule has 0 aromatic heterocycles. The van der Waals surface area contributed by atoms with Crippen molar-refractivity contribution in [2.45, 2.75) is 19.4 Å². The van der Waals surface area contributed by atoms with Crippen molar-refractivity contribution in [2.24, 2.45) is 5.92 Å². The number of allylic oxidation sites excluding steroid dienone is 2. The molecule has 1 fully saturated rings. The average Bonchev–Trinajstić information content (AvgIpc) is 2.04. The highest BCUT2D eigenvalue weighted by Gasteiger charge is 2.22. The molecule has 0 radical (unpaired) electrons. The van der Waals surface area contributed by atoms with Crippen molar-refractivity contribution in [1.82, 2.24) is 10.9 Å². The fraction of sp³-hybridized carbons (Fsp3) is 0.556. The third-order valence-corrected chi connectivity index (χ3v) is 2.38. The minimum Gasteiger partial charge on any atom is -0.257 e. The van der Waals surface area contributed by atoms with Gasteiger partial charge in [0.15, 0.2) is 0 Å². The van der Waals surface area contributed by atoms with Crippen molar-refractivity contribution in [3.8, 4) is 0 Å². The van der Waals surface area contributed by atoms with Crippen LogP contribution >= 0.6 is 0 Å².